The molecule has 2 aromatic carbocycles. The fraction of sp³-hybridized carbons (Fsp3) is 0.333. The highest BCUT2D eigenvalue weighted by Crippen LogP contribution is 2.31. The molecule has 0 fully saturated rings. The number of rotatable bonds is 5. The Morgan fingerprint density at radius 3 is 1.85 bits per heavy atom. The van der Waals surface area contributed by atoms with Crippen LogP contribution in [0.15, 0.2) is 48.5 Å². The van der Waals surface area contributed by atoms with E-state index in [4.69, 9.17) is 4.74 Å². The number of hydrogen-bond acceptors (Lipinski definition) is 1. The summed E-state index contributed by atoms with van der Waals surface area (Å²) in [6.07, 6.45) is 1.13. The first-order chi connectivity index (χ1) is 9.60. The molecule has 0 aliphatic carbocycles. The molecule has 1 unspecified atom stereocenters. The molecule has 2 aromatic rings. The van der Waals surface area contributed by atoms with E-state index in [9.17, 15) is 0 Å². The zero-order chi connectivity index (χ0) is 14.5. The normalized spacial score (nSPS) is 12.4. The van der Waals surface area contributed by atoms with Gasteiger partial charge in [0.25, 0.3) is 0 Å². The smallest absolute Gasteiger partial charge is 0.118 e. The highest BCUT2D eigenvalue weighted by molar-refractivity contribution is 9.09. The Morgan fingerprint density at radius 1 is 0.900 bits per heavy atom. The van der Waals surface area contributed by atoms with Gasteiger partial charge in [0.2, 0.25) is 0 Å². The summed E-state index contributed by atoms with van der Waals surface area (Å²) in [5.74, 6) is 1.59. The maximum Gasteiger partial charge on any atom is 0.118 e. The fourth-order valence-electron chi connectivity index (χ4n) is 2.26. The highest BCUT2D eigenvalue weighted by Gasteiger charge is 2.10. The van der Waals surface area contributed by atoms with Crippen LogP contribution < -0.4 is 4.74 Å². The van der Waals surface area contributed by atoms with Gasteiger partial charge >= 0.3 is 0 Å². The van der Waals surface area contributed by atoms with Gasteiger partial charge in [0.05, 0.1) is 11.9 Å². The second kappa shape index (κ2) is 6.94. The quantitative estimate of drug-likeness (QED) is 0.668. The molecule has 0 bridgehead atoms. The van der Waals surface area contributed by atoms with Crippen LogP contribution in [0.2, 0.25) is 0 Å². The van der Waals surface area contributed by atoms with Crippen molar-refractivity contribution in [1.82, 2.24) is 0 Å². The molecule has 0 radical (unpaired) electrons. The summed E-state index contributed by atoms with van der Waals surface area (Å²) in [5.41, 5.74) is 3.92. The minimum atomic E-state index is 0.224. The number of methoxy groups -OCH3 is 1. The Bertz CT molecular complexity index is 528. The Hall–Kier alpha value is -1.28. The van der Waals surface area contributed by atoms with E-state index in [1.807, 2.05) is 12.1 Å². The van der Waals surface area contributed by atoms with Gasteiger partial charge in [0, 0.05) is 0 Å². The fourth-order valence-corrected chi connectivity index (χ4v) is 2.87. The second-order valence-electron chi connectivity index (χ2n) is 5.48. The van der Waals surface area contributed by atoms with Crippen LogP contribution in [0.1, 0.15) is 35.4 Å². The van der Waals surface area contributed by atoms with Gasteiger partial charge in [0.1, 0.15) is 5.75 Å². The van der Waals surface area contributed by atoms with Crippen molar-refractivity contribution in [1.29, 1.82) is 0 Å². The summed E-state index contributed by atoms with van der Waals surface area (Å²) >= 11 is 3.78. The number of hydrogen-bond donors (Lipinski definition) is 0. The van der Waals surface area contributed by atoms with Crippen LogP contribution in [-0.4, -0.2) is 7.11 Å². The molecule has 0 N–H and O–H groups in total. The third-order valence-corrected chi connectivity index (χ3v) is 4.38. The van der Waals surface area contributed by atoms with Crippen LogP contribution in [0, 0.1) is 5.92 Å². The van der Waals surface area contributed by atoms with E-state index >= 15 is 0 Å². The molecule has 0 amide bonds. The molecule has 0 heterocycles. The minimum Gasteiger partial charge on any atom is -0.497 e. The molecule has 1 atom stereocenters. The highest BCUT2D eigenvalue weighted by atomic mass is 79.9. The minimum absolute atomic E-state index is 0.224. The Kier molecular flexibility index (Phi) is 5.24. The van der Waals surface area contributed by atoms with Crippen molar-refractivity contribution in [2.45, 2.75) is 25.1 Å². The van der Waals surface area contributed by atoms with Gasteiger partial charge in [-0.2, -0.15) is 0 Å². The van der Waals surface area contributed by atoms with E-state index in [0.29, 0.717) is 5.92 Å². The van der Waals surface area contributed by atoms with Gasteiger partial charge in [-0.15, -0.1) is 0 Å². The van der Waals surface area contributed by atoms with E-state index in [-0.39, 0.29) is 4.83 Å². The molecule has 0 aliphatic heterocycles. The molecule has 0 aliphatic rings. The second-order valence-corrected chi connectivity index (χ2v) is 6.39. The number of benzene rings is 2. The van der Waals surface area contributed by atoms with Gasteiger partial charge in [-0.1, -0.05) is 66.2 Å². The van der Waals surface area contributed by atoms with Crippen molar-refractivity contribution in [2.75, 3.05) is 7.11 Å². The molecular weight excluding hydrogens is 312 g/mol. The number of ether oxygens (including phenoxy) is 1. The third-order valence-electron chi connectivity index (χ3n) is 3.32. The van der Waals surface area contributed by atoms with Crippen LogP contribution in [0.4, 0.5) is 0 Å². The largest absolute Gasteiger partial charge is 0.497 e. The lowest BCUT2D eigenvalue weighted by molar-refractivity contribution is 0.414. The van der Waals surface area contributed by atoms with Crippen molar-refractivity contribution >= 4 is 15.9 Å². The van der Waals surface area contributed by atoms with Gasteiger partial charge in [-0.3, -0.25) is 0 Å². The van der Waals surface area contributed by atoms with E-state index in [1.54, 1.807) is 7.11 Å². The Labute approximate surface area is 130 Å². The average molecular weight is 333 g/mol. The summed E-state index contributed by atoms with van der Waals surface area (Å²) < 4.78 is 5.19. The maximum atomic E-state index is 5.19. The Morgan fingerprint density at radius 2 is 1.40 bits per heavy atom. The lowest BCUT2D eigenvalue weighted by atomic mass is 9.99. The standard InChI is InChI=1S/C18H21BrO/c1-13(2)12-14-4-6-15(7-5-14)18(19)16-8-10-17(20-3)11-9-16/h4-11,13,18H,12H2,1-3H3. The summed E-state index contributed by atoms with van der Waals surface area (Å²) in [4.78, 5) is 0.224. The molecule has 106 valence electrons. The van der Waals surface area contributed by atoms with E-state index in [0.717, 1.165) is 12.2 Å². The van der Waals surface area contributed by atoms with Crippen molar-refractivity contribution in [3.05, 3.63) is 65.2 Å². The first-order valence-corrected chi connectivity index (χ1v) is 7.88. The lowest BCUT2D eigenvalue weighted by Gasteiger charge is -2.13. The first-order valence-electron chi connectivity index (χ1n) is 6.97. The van der Waals surface area contributed by atoms with Crippen LogP contribution in [0.25, 0.3) is 0 Å². The molecule has 1 nitrogen and oxygen atoms in total. The van der Waals surface area contributed by atoms with Crippen molar-refractivity contribution in [3.63, 3.8) is 0 Å². The molecule has 0 saturated carbocycles. The van der Waals surface area contributed by atoms with Crippen LogP contribution in [0.5, 0.6) is 5.75 Å². The van der Waals surface area contributed by atoms with Crippen molar-refractivity contribution in [2.24, 2.45) is 5.92 Å². The molecule has 20 heavy (non-hydrogen) atoms. The van der Waals surface area contributed by atoms with Gasteiger partial charge < -0.3 is 4.74 Å². The van der Waals surface area contributed by atoms with E-state index in [1.165, 1.54) is 16.7 Å². The van der Waals surface area contributed by atoms with Gasteiger partial charge in [-0.05, 0) is 41.2 Å². The van der Waals surface area contributed by atoms with Crippen molar-refractivity contribution < 1.29 is 4.74 Å². The molecule has 0 aromatic heterocycles. The first kappa shape index (κ1) is 15.1. The summed E-state index contributed by atoms with van der Waals surface area (Å²) in [6, 6.07) is 17.1. The topological polar surface area (TPSA) is 9.23 Å². The number of halogens is 1. The molecule has 2 heteroatoms. The average Bonchev–Trinajstić information content (AvgIpc) is 2.47. The third kappa shape index (κ3) is 3.86. The molecule has 2 rings (SSSR count). The predicted molar refractivity (Wildman–Crippen MR) is 88.7 cm³/mol. The Balaban J connectivity index is 2.13. The molecule has 0 spiro atoms. The number of alkyl halides is 1. The van der Waals surface area contributed by atoms with Crippen LogP contribution >= 0.6 is 15.9 Å². The predicted octanol–water partition coefficient (Wildman–Crippen LogP) is 5.38. The summed E-state index contributed by atoms with van der Waals surface area (Å²) in [5, 5.41) is 0. The zero-order valence-corrected chi connectivity index (χ0v) is 13.9. The van der Waals surface area contributed by atoms with E-state index in [2.05, 4.69) is 66.2 Å². The summed E-state index contributed by atoms with van der Waals surface area (Å²) in [6.45, 7) is 4.50. The monoisotopic (exact) mass is 332 g/mol. The molecule has 0 saturated heterocycles. The van der Waals surface area contributed by atoms with E-state index < -0.39 is 0 Å². The van der Waals surface area contributed by atoms with Gasteiger partial charge in [-0.25, -0.2) is 0 Å². The SMILES string of the molecule is COc1ccc(C(Br)c2ccc(CC(C)C)cc2)cc1. The summed E-state index contributed by atoms with van der Waals surface area (Å²) in [7, 11) is 1.69. The maximum absolute atomic E-state index is 5.19. The van der Waals surface area contributed by atoms with Crippen molar-refractivity contribution in [3.8, 4) is 5.75 Å². The van der Waals surface area contributed by atoms with Crippen LogP contribution in [0.3, 0.4) is 0 Å². The lowest BCUT2D eigenvalue weighted by Crippen LogP contribution is -1.96. The molecular formula is C18H21BrO. The zero-order valence-electron chi connectivity index (χ0n) is 12.3. The van der Waals surface area contributed by atoms with Crippen LogP contribution in [-0.2, 0) is 6.42 Å². The van der Waals surface area contributed by atoms with Gasteiger partial charge in [0.15, 0.2) is 0 Å².